The van der Waals surface area contributed by atoms with Crippen molar-refractivity contribution in [3.05, 3.63) is 81.1 Å². The number of thiazole rings is 1. The van der Waals surface area contributed by atoms with Gasteiger partial charge in [0, 0.05) is 13.0 Å². The highest BCUT2D eigenvalue weighted by molar-refractivity contribution is 7.89. The van der Waals surface area contributed by atoms with E-state index < -0.39 is 10.0 Å². The third kappa shape index (κ3) is 5.69. The lowest BCUT2D eigenvalue weighted by Gasteiger charge is -2.05. The first-order valence-corrected chi connectivity index (χ1v) is 11.2. The van der Waals surface area contributed by atoms with Crippen molar-refractivity contribution in [1.82, 2.24) is 10.3 Å². The number of carbonyl (C=O) groups is 1. The fraction of sp³-hybridized carbons (Fsp3) is 0.200. The molecule has 0 saturated heterocycles. The minimum atomic E-state index is -3.71. The lowest BCUT2D eigenvalue weighted by molar-refractivity contribution is 0.0957. The predicted octanol–water partition coefficient (Wildman–Crippen LogP) is 2.80. The molecule has 1 amide bonds. The lowest BCUT2D eigenvalue weighted by atomic mass is 10.1. The molecule has 3 aromatic rings. The average molecular weight is 434 g/mol. The summed E-state index contributed by atoms with van der Waals surface area (Å²) < 4.78 is 35.6. The first-order valence-electron chi connectivity index (χ1n) is 8.83. The Balaban J connectivity index is 1.57. The average Bonchev–Trinajstić information content (AvgIpc) is 3.03. The summed E-state index contributed by atoms with van der Waals surface area (Å²) >= 11 is 1.32. The maximum Gasteiger partial charge on any atom is 0.263 e. The van der Waals surface area contributed by atoms with Crippen molar-refractivity contribution in [2.24, 2.45) is 5.14 Å². The molecule has 0 atom stereocenters. The van der Waals surface area contributed by atoms with Gasteiger partial charge in [-0.05, 0) is 48.7 Å². The number of nitrogens with two attached hydrogens (primary N) is 1. The van der Waals surface area contributed by atoms with E-state index >= 15 is 0 Å². The van der Waals surface area contributed by atoms with Crippen molar-refractivity contribution < 1.29 is 17.6 Å². The van der Waals surface area contributed by atoms with Gasteiger partial charge in [0.25, 0.3) is 5.91 Å². The highest BCUT2D eigenvalue weighted by Gasteiger charge is 2.15. The molecule has 0 aliphatic rings. The number of aryl methyl sites for hydroxylation is 1. The molecule has 1 heterocycles. The van der Waals surface area contributed by atoms with Crippen molar-refractivity contribution in [2.75, 3.05) is 6.54 Å². The number of hydrogen-bond acceptors (Lipinski definition) is 5. The summed E-state index contributed by atoms with van der Waals surface area (Å²) in [5.74, 6) is -0.491. The number of rotatable bonds is 7. The van der Waals surface area contributed by atoms with Gasteiger partial charge in [-0.15, -0.1) is 11.3 Å². The Morgan fingerprint density at radius 2 is 1.72 bits per heavy atom. The van der Waals surface area contributed by atoms with Gasteiger partial charge in [0.1, 0.15) is 10.7 Å². The van der Waals surface area contributed by atoms with Gasteiger partial charge in [-0.25, -0.2) is 22.9 Å². The molecular formula is C20H20FN3O3S2. The molecule has 0 saturated carbocycles. The van der Waals surface area contributed by atoms with Crippen LogP contribution in [0.25, 0.3) is 0 Å². The number of carbonyl (C=O) groups excluding carboxylic acids is 1. The SMILES string of the molecule is Cc1nc(Cc2ccc(F)cc2)sc1C(=O)NCCc1ccc(S(N)(=O)=O)cc1. The van der Waals surface area contributed by atoms with Crippen LogP contribution < -0.4 is 10.5 Å². The molecule has 3 N–H and O–H groups in total. The first kappa shape index (κ1) is 21.1. The monoisotopic (exact) mass is 433 g/mol. The highest BCUT2D eigenvalue weighted by Crippen LogP contribution is 2.21. The van der Waals surface area contributed by atoms with E-state index in [1.165, 1.54) is 35.6 Å². The van der Waals surface area contributed by atoms with E-state index in [1.54, 1.807) is 31.2 Å². The van der Waals surface area contributed by atoms with E-state index in [4.69, 9.17) is 5.14 Å². The summed E-state index contributed by atoms with van der Waals surface area (Å²) in [6.45, 7) is 2.18. The Bertz CT molecular complexity index is 1110. The normalized spacial score (nSPS) is 11.4. The molecule has 3 rings (SSSR count). The zero-order chi connectivity index (χ0) is 21.0. The molecule has 2 aromatic carbocycles. The molecule has 9 heteroatoms. The minimum Gasteiger partial charge on any atom is -0.351 e. The highest BCUT2D eigenvalue weighted by atomic mass is 32.2. The predicted molar refractivity (Wildman–Crippen MR) is 110 cm³/mol. The maximum atomic E-state index is 13.0. The molecule has 0 bridgehead atoms. The van der Waals surface area contributed by atoms with Crippen LogP contribution in [0.15, 0.2) is 53.4 Å². The van der Waals surface area contributed by atoms with Crippen molar-refractivity contribution >= 4 is 27.3 Å². The number of hydrogen-bond donors (Lipinski definition) is 2. The van der Waals surface area contributed by atoms with Crippen molar-refractivity contribution in [1.29, 1.82) is 0 Å². The molecular weight excluding hydrogens is 413 g/mol. The van der Waals surface area contributed by atoms with Crippen molar-refractivity contribution in [2.45, 2.75) is 24.7 Å². The molecule has 6 nitrogen and oxygen atoms in total. The minimum absolute atomic E-state index is 0.0549. The number of benzene rings is 2. The van der Waals surface area contributed by atoms with Crippen molar-refractivity contribution in [3.8, 4) is 0 Å². The van der Waals surface area contributed by atoms with E-state index in [0.29, 0.717) is 30.0 Å². The van der Waals surface area contributed by atoms with Crippen LogP contribution in [0.3, 0.4) is 0 Å². The summed E-state index contributed by atoms with van der Waals surface area (Å²) in [7, 11) is -3.71. The Hall–Kier alpha value is -2.62. The molecule has 0 aliphatic carbocycles. The van der Waals surface area contributed by atoms with Crippen LogP contribution in [-0.4, -0.2) is 25.9 Å². The molecule has 29 heavy (non-hydrogen) atoms. The molecule has 0 unspecified atom stereocenters. The second-order valence-electron chi connectivity index (χ2n) is 6.52. The zero-order valence-corrected chi connectivity index (χ0v) is 17.3. The fourth-order valence-electron chi connectivity index (χ4n) is 2.76. The van der Waals surface area contributed by atoms with E-state index in [-0.39, 0.29) is 16.6 Å². The molecule has 152 valence electrons. The topological polar surface area (TPSA) is 102 Å². The van der Waals surface area contributed by atoms with Gasteiger partial charge in [0.05, 0.1) is 15.6 Å². The van der Waals surface area contributed by atoms with Crippen LogP contribution in [0, 0.1) is 12.7 Å². The first-order chi connectivity index (χ1) is 13.7. The second kappa shape index (κ2) is 8.81. The summed E-state index contributed by atoms with van der Waals surface area (Å²) in [5.41, 5.74) is 2.47. The summed E-state index contributed by atoms with van der Waals surface area (Å²) in [5, 5.41) is 8.72. The Morgan fingerprint density at radius 3 is 2.34 bits per heavy atom. The number of sulfonamides is 1. The quantitative estimate of drug-likeness (QED) is 0.598. The van der Waals surface area contributed by atoms with Gasteiger partial charge in [0.15, 0.2) is 0 Å². The van der Waals surface area contributed by atoms with Crippen LogP contribution in [0.1, 0.15) is 31.5 Å². The number of nitrogens with one attached hydrogen (secondary N) is 1. The number of nitrogens with zero attached hydrogens (tertiary/aromatic N) is 1. The zero-order valence-electron chi connectivity index (χ0n) is 15.7. The maximum absolute atomic E-state index is 13.0. The number of amides is 1. The van der Waals surface area contributed by atoms with Crippen LogP contribution in [0.2, 0.25) is 0 Å². The van der Waals surface area contributed by atoms with Crippen LogP contribution >= 0.6 is 11.3 Å². The second-order valence-corrected chi connectivity index (χ2v) is 9.17. The third-order valence-corrected chi connectivity index (χ3v) is 6.35. The van der Waals surface area contributed by atoms with Crippen LogP contribution in [-0.2, 0) is 22.9 Å². The Kier molecular flexibility index (Phi) is 6.41. The fourth-order valence-corrected chi connectivity index (χ4v) is 4.29. The van der Waals surface area contributed by atoms with E-state index in [9.17, 15) is 17.6 Å². The van der Waals surface area contributed by atoms with Gasteiger partial charge in [-0.3, -0.25) is 4.79 Å². The molecule has 0 radical (unpaired) electrons. The standard InChI is InChI=1S/C20H20FN3O3S2/c1-13-19(28-18(24-13)12-15-2-6-16(21)7-3-15)20(25)23-11-10-14-4-8-17(9-5-14)29(22,26)27/h2-9H,10-12H2,1H3,(H,23,25)(H2,22,26,27). The van der Waals surface area contributed by atoms with Gasteiger partial charge in [0.2, 0.25) is 10.0 Å². The van der Waals surface area contributed by atoms with Crippen LogP contribution in [0.5, 0.6) is 0 Å². The summed E-state index contributed by atoms with van der Waals surface area (Å²) in [4.78, 5) is 17.5. The number of halogens is 1. The van der Waals surface area contributed by atoms with Gasteiger partial charge in [-0.2, -0.15) is 0 Å². The Labute approximate surface area is 172 Å². The third-order valence-electron chi connectivity index (χ3n) is 4.27. The lowest BCUT2D eigenvalue weighted by Crippen LogP contribution is -2.25. The summed E-state index contributed by atoms with van der Waals surface area (Å²) in [6.07, 6.45) is 1.09. The molecule has 0 spiro atoms. The number of primary sulfonamides is 1. The van der Waals surface area contributed by atoms with Gasteiger partial charge < -0.3 is 5.32 Å². The Morgan fingerprint density at radius 1 is 1.10 bits per heavy atom. The molecule has 1 aromatic heterocycles. The number of aromatic nitrogens is 1. The smallest absolute Gasteiger partial charge is 0.263 e. The molecule has 0 aliphatic heterocycles. The van der Waals surface area contributed by atoms with Crippen LogP contribution in [0.4, 0.5) is 4.39 Å². The van der Waals surface area contributed by atoms with Crippen molar-refractivity contribution in [3.63, 3.8) is 0 Å². The van der Waals surface area contributed by atoms with Gasteiger partial charge >= 0.3 is 0 Å². The largest absolute Gasteiger partial charge is 0.351 e. The van der Waals surface area contributed by atoms with E-state index in [2.05, 4.69) is 10.3 Å². The van der Waals surface area contributed by atoms with Gasteiger partial charge in [-0.1, -0.05) is 24.3 Å². The van der Waals surface area contributed by atoms with E-state index in [1.807, 2.05) is 0 Å². The summed E-state index contributed by atoms with van der Waals surface area (Å²) in [6, 6.07) is 12.4. The van der Waals surface area contributed by atoms with E-state index in [0.717, 1.165) is 16.1 Å². The molecule has 0 fully saturated rings.